The van der Waals surface area contributed by atoms with Gasteiger partial charge in [-0.15, -0.1) is 0 Å². The number of nitrogens with zero attached hydrogens (tertiary/aromatic N) is 2. The molecule has 0 saturated carbocycles. The van der Waals surface area contributed by atoms with Gasteiger partial charge in [-0.1, -0.05) is 13.0 Å². The average molecular weight is 408 g/mol. The molecule has 0 unspecified atom stereocenters. The molecule has 0 amide bonds. The lowest BCUT2D eigenvalue weighted by atomic mass is 10.0. The first-order valence-corrected chi connectivity index (χ1v) is 10.4. The Balaban J connectivity index is 1.66. The van der Waals surface area contributed by atoms with Crippen molar-refractivity contribution in [1.82, 2.24) is 15.2 Å². The monoisotopic (exact) mass is 407 g/mol. The van der Waals surface area contributed by atoms with Gasteiger partial charge in [0, 0.05) is 18.3 Å². The summed E-state index contributed by atoms with van der Waals surface area (Å²) in [6.45, 7) is 5.65. The maximum absolute atomic E-state index is 6.32. The first-order valence-electron chi connectivity index (χ1n) is 10.0. The van der Waals surface area contributed by atoms with Gasteiger partial charge in [-0.05, 0) is 74.1 Å². The third-order valence-electron chi connectivity index (χ3n) is 5.03. The lowest BCUT2D eigenvalue weighted by molar-refractivity contribution is 0.275. The summed E-state index contributed by atoms with van der Waals surface area (Å²) in [4.78, 5) is 6.76. The number of hydrogen-bond donors (Lipinski definition) is 1. The lowest BCUT2D eigenvalue weighted by Crippen LogP contribution is -2.30. The predicted molar refractivity (Wildman–Crippen MR) is 118 cm³/mol. The Hall–Kier alpha value is -2.86. The van der Waals surface area contributed by atoms with E-state index in [2.05, 4.69) is 22.1 Å². The number of hydrogen-bond acceptors (Lipinski definition) is 4. The number of furan rings is 1. The number of benzene rings is 1. The zero-order valence-electron chi connectivity index (χ0n) is 16.7. The summed E-state index contributed by atoms with van der Waals surface area (Å²) in [5.41, 5.74) is 1.97. The molecule has 1 fully saturated rings. The molecule has 0 bridgehead atoms. The molecule has 4 rings (SSSR count). The minimum absolute atomic E-state index is 0.0335. The van der Waals surface area contributed by atoms with Gasteiger partial charge in [0.25, 0.3) is 0 Å². The Labute approximate surface area is 176 Å². The smallest absolute Gasteiger partial charge is 0.170 e. The van der Waals surface area contributed by atoms with Crippen LogP contribution in [0.1, 0.15) is 43.8 Å². The first kappa shape index (κ1) is 19.5. The largest absolute Gasteiger partial charge is 0.494 e. The van der Waals surface area contributed by atoms with Gasteiger partial charge >= 0.3 is 0 Å². The van der Waals surface area contributed by atoms with Crippen molar-refractivity contribution in [2.45, 2.75) is 32.4 Å². The van der Waals surface area contributed by atoms with E-state index in [-0.39, 0.29) is 12.1 Å². The lowest BCUT2D eigenvalue weighted by Gasteiger charge is -2.25. The van der Waals surface area contributed by atoms with Crippen molar-refractivity contribution in [3.63, 3.8) is 0 Å². The Morgan fingerprint density at radius 1 is 1.10 bits per heavy atom. The van der Waals surface area contributed by atoms with Gasteiger partial charge < -0.3 is 19.4 Å². The van der Waals surface area contributed by atoms with E-state index in [1.165, 1.54) is 0 Å². The van der Waals surface area contributed by atoms with Crippen LogP contribution in [-0.4, -0.2) is 28.1 Å². The van der Waals surface area contributed by atoms with Gasteiger partial charge in [-0.25, -0.2) is 0 Å². The normalized spacial score (nSPS) is 18.7. The van der Waals surface area contributed by atoms with Crippen LogP contribution in [0.15, 0.2) is 65.2 Å². The van der Waals surface area contributed by atoms with Crippen LogP contribution in [-0.2, 0) is 0 Å². The fourth-order valence-corrected chi connectivity index (χ4v) is 4.08. The molecule has 1 saturated heterocycles. The third kappa shape index (κ3) is 3.98. The van der Waals surface area contributed by atoms with Crippen LogP contribution in [0.3, 0.4) is 0 Å². The second-order valence-electron chi connectivity index (χ2n) is 6.98. The molecule has 0 aliphatic carbocycles. The highest BCUT2D eigenvalue weighted by molar-refractivity contribution is 7.80. The number of aromatic nitrogens is 1. The van der Waals surface area contributed by atoms with E-state index in [4.69, 9.17) is 21.4 Å². The van der Waals surface area contributed by atoms with Crippen LogP contribution >= 0.6 is 12.2 Å². The molecular weight excluding hydrogens is 382 g/mol. The van der Waals surface area contributed by atoms with Gasteiger partial charge in [0.2, 0.25) is 0 Å². The van der Waals surface area contributed by atoms with E-state index in [1.807, 2.05) is 67.7 Å². The molecule has 3 heterocycles. The molecule has 2 atom stereocenters. The topological polar surface area (TPSA) is 50.5 Å². The van der Waals surface area contributed by atoms with Crippen molar-refractivity contribution in [2.75, 3.05) is 13.2 Å². The highest BCUT2D eigenvalue weighted by Gasteiger charge is 2.41. The fraction of sp³-hybridized carbons (Fsp3) is 0.304. The highest BCUT2D eigenvalue weighted by Crippen LogP contribution is 2.40. The van der Waals surface area contributed by atoms with Gasteiger partial charge in [-0.2, -0.15) is 0 Å². The van der Waals surface area contributed by atoms with E-state index in [0.29, 0.717) is 6.61 Å². The molecule has 1 N–H and O–H groups in total. The van der Waals surface area contributed by atoms with Crippen LogP contribution in [0.5, 0.6) is 5.75 Å². The zero-order valence-corrected chi connectivity index (χ0v) is 17.5. The number of ether oxygens (including phenoxy) is 1. The Morgan fingerprint density at radius 3 is 2.62 bits per heavy atom. The first-order chi connectivity index (χ1) is 14.2. The number of thiocarbonyl (C=S) groups is 1. The molecule has 2 aromatic heterocycles. The number of rotatable bonds is 7. The van der Waals surface area contributed by atoms with Crippen molar-refractivity contribution < 1.29 is 9.15 Å². The van der Waals surface area contributed by atoms with Crippen LogP contribution in [0.2, 0.25) is 0 Å². The SMILES string of the molecule is CCCN1C(=S)N[C@@H](c2ccccn2)[C@@H]1c1ccc(-c2ccc(OCC)cc2)o1. The average Bonchev–Trinajstić information content (AvgIpc) is 3.35. The summed E-state index contributed by atoms with van der Waals surface area (Å²) in [7, 11) is 0. The summed E-state index contributed by atoms with van der Waals surface area (Å²) in [5, 5.41) is 4.18. The molecular formula is C23H25N3O2S. The predicted octanol–water partition coefficient (Wildman–Crippen LogP) is 5.12. The summed E-state index contributed by atoms with van der Waals surface area (Å²) in [6, 6.07) is 17.9. The van der Waals surface area contributed by atoms with Crippen molar-refractivity contribution in [2.24, 2.45) is 0 Å². The highest BCUT2D eigenvalue weighted by atomic mass is 32.1. The van der Waals surface area contributed by atoms with Crippen molar-refractivity contribution in [3.8, 4) is 17.1 Å². The summed E-state index contributed by atoms with van der Waals surface area (Å²) >= 11 is 5.63. The Bertz CT molecular complexity index is 956. The maximum Gasteiger partial charge on any atom is 0.170 e. The van der Waals surface area contributed by atoms with E-state index in [0.717, 1.165) is 46.6 Å². The third-order valence-corrected chi connectivity index (χ3v) is 5.38. The second-order valence-corrected chi connectivity index (χ2v) is 7.37. The molecule has 1 aromatic carbocycles. The van der Waals surface area contributed by atoms with Crippen molar-refractivity contribution >= 4 is 17.3 Å². The molecule has 0 spiro atoms. The van der Waals surface area contributed by atoms with Crippen molar-refractivity contribution in [1.29, 1.82) is 0 Å². The minimum Gasteiger partial charge on any atom is -0.494 e. The van der Waals surface area contributed by atoms with E-state index in [9.17, 15) is 0 Å². The van der Waals surface area contributed by atoms with Crippen LogP contribution < -0.4 is 10.1 Å². The van der Waals surface area contributed by atoms with Gasteiger partial charge in [-0.3, -0.25) is 4.98 Å². The second kappa shape index (κ2) is 8.66. The standard InChI is InChI=1S/C23H25N3O2S/c1-3-15-26-22(21(25-23(26)29)18-7-5-6-14-24-18)20-13-12-19(28-20)16-8-10-17(11-9-16)27-4-2/h5-14,21-22H,3-4,15H2,1-2H3,(H,25,29)/t21-,22-/m0/s1. The van der Waals surface area contributed by atoms with Crippen LogP contribution in [0.25, 0.3) is 11.3 Å². The molecule has 5 nitrogen and oxygen atoms in total. The molecule has 1 aliphatic heterocycles. The number of pyridine rings is 1. The molecule has 29 heavy (non-hydrogen) atoms. The zero-order chi connectivity index (χ0) is 20.2. The van der Waals surface area contributed by atoms with Crippen LogP contribution in [0, 0.1) is 0 Å². The Morgan fingerprint density at radius 2 is 1.93 bits per heavy atom. The van der Waals surface area contributed by atoms with Gasteiger partial charge in [0.05, 0.1) is 18.3 Å². The van der Waals surface area contributed by atoms with E-state index >= 15 is 0 Å². The van der Waals surface area contributed by atoms with Gasteiger partial charge in [0.15, 0.2) is 5.11 Å². The quantitative estimate of drug-likeness (QED) is 0.549. The summed E-state index contributed by atoms with van der Waals surface area (Å²) in [6.07, 6.45) is 2.81. The summed E-state index contributed by atoms with van der Waals surface area (Å²) < 4.78 is 11.9. The summed E-state index contributed by atoms with van der Waals surface area (Å²) in [5.74, 6) is 2.57. The molecule has 0 radical (unpaired) electrons. The number of nitrogens with one attached hydrogen (secondary N) is 1. The van der Waals surface area contributed by atoms with E-state index < -0.39 is 0 Å². The Kier molecular flexibility index (Phi) is 5.81. The van der Waals surface area contributed by atoms with E-state index in [1.54, 1.807) is 0 Å². The minimum atomic E-state index is -0.0467. The molecule has 3 aromatic rings. The van der Waals surface area contributed by atoms with Gasteiger partial charge in [0.1, 0.15) is 23.3 Å². The van der Waals surface area contributed by atoms with Crippen molar-refractivity contribution in [3.05, 3.63) is 72.2 Å². The molecule has 1 aliphatic rings. The molecule has 150 valence electrons. The fourth-order valence-electron chi connectivity index (χ4n) is 3.75. The molecule has 6 heteroatoms. The van der Waals surface area contributed by atoms with Crippen LogP contribution in [0.4, 0.5) is 0 Å². The maximum atomic E-state index is 6.32.